The van der Waals surface area contributed by atoms with Crippen LogP contribution in [0.15, 0.2) is 65.3 Å². The van der Waals surface area contributed by atoms with Crippen molar-refractivity contribution in [2.45, 2.75) is 77.7 Å². The third kappa shape index (κ3) is 8.18. The third-order valence-corrected chi connectivity index (χ3v) is 10.9. The number of aromatic nitrogens is 2. The van der Waals surface area contributed by atoms with E-state index in [0.29, 0.717) is 47.5 Å². The molecule has 0 amide bonds. The molecule has 5 aromatic rings. The molecule has 0 aliphatic carbocycles. The highest BCUT2D eigenvalue weighted by Crippen LogP contribution is 2.38. The second kappa shape index (κ2) is 16.0. The minimum atomic E-state index is -0.830. The molecule has 0 saturated carbocycles. The maximum atomic E-state index is 12.1. The molecule has 1 unspecified atom stereocenters. The van der Waals surface area contributed by atoms with Crippen LogP contribution in [-0.2, 0) is 24.6 Å². The Labute approximate surface area is 314 Å². The highest BCUT2D eigenvalue weighted by atomic mass is 35.5. The summed E-state index contributed by atoms with van der Waals surface area (Å²) in [7, 11) is 2.16. The van der Waals surface area contributed by atoms with Crippen LogP contribution < -0.4 is 9.47 Å². The molecule has 2 fully saturated rings. The molecule has 2 saturated heterocycles. The number of carboxylic acid groups (broad SMARTS) is 1. The zero-order valence-corrected chi connectivity index (χ0v) is 31.2. The molecular formula is C42H44ClN5O5. The first kappa shape index (κ1) is 36.4. The average molecular weight is 734 g/mol. The Morgan fingerprint density at radius 2 is 1.81 bits per heavy atom. The number of pyridine rings is 1. The molecule has 0 spiro atoms. The minimum Gasteiger partial charge on any atom is -0.488 e. The summed E-state index contributed by atoms with van der Waals surface area (Å²) in [5.74, 6) is 1.33. The van der Waals surface area contributed by atoms with Crippen LogP contribution in [0, 0.1) is 25.2 Å². The van der Waals surface area contributed by atoms with Crippen LogP contribution in [0.1, 0.15) is 77.3 Å². The van der Waals surface area contributed by atoms with Crippen molar-refractivity contribution in [2.75, 3.05) is 26.7 Å². The molecule has 2 aliphatic rings. The smallest absolute Gasteiger partial charge is 0.320 e. The predicted octanol–water partition coefficient (Wildman–Crippen LogP) is 8.44. The molecule has 1 N–H and O–H groups in total. The number of hydrogen-bond acceptors (Lipinski definition) is 9. The summed E-state index contributed by atoms with van der Waals surface area (Å²) in [6.45, 7) is 7.73. The average Bonchev–Trinajstić information content (AvgIpc) is 3.60. The molecule has 11 heteroatoms. The predicted molar refractivity (Wildman–Crippen MR) is 203 cm³/mol. The van der Waals surface area contributed by atoms with Gasteiger partial charge in [0.25, 0.3) is 0 Å². The van der Waals surface area contributed by atoms with Crippen LogP contribution >= 0.6 is 11.6 Å². The van der Waals surface area contributed by atoms with Crippen molar-refractivity contribution in [3.05, 3.63) is 105 Å². The van der Waals surface area contributed by atoms with Crippen molar-refractivity contribution < 1.29 is 23.8 Å². The zero-order chi connectivity index (χ0) is 37.1. The van der Waals surface area contributed by atoms with Crippen LogP contribution in [0.3, 0.4) is 0 Å². The van der Waals surface area contributed by atoms with Gasteiger partial charge in [0.15, 0.2) is 11.5 Å². The first-order valence-electron chi connectivity index (χ1n) is 18.2. The molecule has 1 atom stereocenters. The Morgan fingerprint density at radius 1 is 1.00 bits per heavy atom. The molecule has 53 heavy (non-hydrogen) atoms. The number of carboxylic acids is 1. The Hall–Kier alpha value is -4.95. The highest BCUT2D eigenvalue weighted by molar-refractivity contribution is 6.32. The van der Waals surface area contributed by atoms with Gasteiger partial charge < -0.3 is 23.9 Å². The number of ether oxygens (including phenoxy) is 2. The molecule has 4 heterocycles. The maximum Gasteiger partial charge on any atom is 0.320 e. The number of rotatable bonds is 11. The van der Waals surface area contributed by atoms with Crippen LogP contribution in [0.5, 0.6) is 11.5 Å². The number of carbonyl (C=O) groups is 1. The van der Waals surface area contributed by atoms with E-state index in [1.807, 2.05) is 17.0 Å². The summed E-state index contributed by atoms with van der Waals surface area (Å²) in [5.41, 5.74) is 8.97. The van der Waals surface area contributed by atoms with E-state index in [2.05, 4.69) is 61.1 Å². The number of benzene rings is 3. The molecule has 10 nitrogen and oxygen atoms in total. The van der Waals surface area contributed by atoms with Gasteiger partial charge in [0, 0.05) is 42.0 Å². The van der Waals surface area contributed by atoms with Crippen molar-refractivity contribution in [1.29, 1.82) is 5.26 Å². The number of fused-ring (bicyclic) bond motifs is 1. The van der Waals surface area contributed by atoms with Gasteiger partial charge in [0.1, 0.15) is 42.3 Å². The van der Waals surface area contributed by atoms with Gasteiger partial charge in [0.2, 0.25) is 0 Å². The first-order chi connectivity index (χ1) is 25.7. The van der Waals surface area contributed by atoms with Gasteiger partial charge >= 0.3 is 5.97 Å². The van der Waals surface area contributed by atoms with Crippen molar-refractivity contribution in [3.63, 3.8) is 0 Å². The minimum absolute atomic E-state index is 0.162. The van der Waals surface area contributed by atoms with Crippen molar-refractivity contribution in [3.8, 4) is 28.7 Å². The van der Waals surface area contributed by atoms with Gasteiger partial charge in [-0.1, -0.05) is 36.2 Å². The second-order valence-corrected chi connectivity index (χ2v) is 14.7. The van der Waals surface area contributed by atoms with E-state index in [9.17, 15) is 15.2 Å². The Balaban J connectivity index is 1.13. The van der Waals surface area contributed by atoms with Gasteiger partial charge in [-0.15, -0.1) is 0 Å². The van der Waals surface area contributed by atoms with Crippen LogP contribution in [-0.4, -0.2) is 63.6 Å². The number of aryl methyl sites for hydroxylation is 1. The normalized spacial score (nSPS) is 17.2. The fourth-order valence-electron chi connectivity index (χ4n) is 7.52. The number of halogens is 1. The fourth-order valence-corrected chi connectivity index (χ4v) is 7.76. The van der Waals surface area contributed by atoms with Crippen molar-refractivity contribution >= 4 is 28.7 Å². The van der Waals surface area contributed by atoms with Gasteiger partial charge in [-0.25, -0.2) is 4.98 Å². The summed E-state index contributed by atoms with van der Waals surface area (Å²) >= 11 is 6.87. The molecule has 2 aliphatic heterocycles. The van der Waals surface area contributed by atoms with E-state index >= 15 is 0 Å². The highest BCUT2D eigenvalue weighted by Gasteiger charge is 2.30. The van der Waals surface area contributed by atoms with E-state index in [4.69, 9.17) is 30.5 Å². The molecule has 3 aromatic carbocycles. The zero-order valence-electron chi connectivity index (χ0n) is 30.4. The number of likely N-dealkylation sites (tertiary alicyclic amines) is 2. The topological polar surface area (TPSA) is 125 Å². The Bertz CT molecular complexity index is 2170. The summed E-state index contributed by atoms with van der Waals surface area (Å²) in [5, 5.41) is 19.7. The molecule has 0 bridgehead atoms. The number of aliphatic carboxylic acids is 1. The molecule has 274 valence electrons. The first-order valence-corrected chi connectivity index (χ1v) is 18.6. The van der Waals surface area contributed by atoms with E-state index in [0.717, 1.165) is 94.7 Å². The number of nitriles is 1. The second-order valence-electron chi connectivity index (χ2n) is 14.3. The van der Waals surface area contributed by atoms with Gasteiger partial charge in [-0.2, -0.15) is 5.26 Å². The van der Waals surface area contributed by atoms with E-state index in [-0.39, 0.29) is 13.2 Å². The van der Waals surface area contributed by atoms with Gasteiger partial charge in [-0.05, 0) is 118 Å². The quantitative estimate of drug-likeness (QED) is 0.141. The Morgan fingerprint density at radius 3 is 2.60 bits per heavy atom. The van der Waals surface area contributed by atoms with E-state index in [1.165, 1.54) is 6.20 Å². The number of hydrogen-bond donors (Lipinski definition) is 1. The van der Waals surface area contributed by atoms with Crippen molar-refractivity contribution in [1.82, 2.24) is 19.8 Å². The molecule has 2 aromatic heterocycles. The lowest BCUT2D eigenvalue weighted by molar-refractivity contribution is -0.144. The van der Waals surface area contributed by atoms with Gasteiger partial charge in [-0.3, -0.25) is 14.7 Å². The maximum absolute atomic E-state index is 12.1. The Kier molecular flexibility index (Phi) is 11.0. The number of oxazole rings is 1. The largest absolute Gasteiger partial charge is 0.488 e. The fraction of sp³-hybridized carbons (Fsp3) is 0.381. The molecule has 7 rings (SSSR count). The number of piperidine rings is 2. The summed E-state index contributed by atoms with van der Waals surface area (Å²) < 4.78 is 19.0. The lowest BCUT2D eigenvalue weighted by atomic mass is 9.95. The van der Waals surface area contributed by atoms with Crippen LogP contribution in [0.25, 0.3) is 22.2 Å². The summed E-state index contributed by atoms with van der Waals surface area (Å²) in [6.07, 6.45) is 7.65. The van der Waals surface area contributed by atoms with E-state index < -0.39 is 12.0 Å². The lowest BCUT2D eigenvalue weighted by Gasteiger charge is -2.33. The van der Waals surface area contributed by atoms with E-state index in [1.54, 1.807) is 18.3 Å². The standard InChI is InChI=1S/C42H44ClN5O5/c1-26-15-32(18-36-40(26)53-41(46-36)30-10-13-47(3)14-11-30)34-8-6-7-31(27(34)2)25-52-39-19-38(51-24-29-16-28(20-44)21-45-22-29)33(17-35(39)43)23-48-12-5-4-9-37(48)42(49)50/h6-8,15-19,21-22,30,37H,4-5,9-14,23-25H2,1-3H3,(H,49,50). The molecule has 0 radical (unpaired) electrons. The monoisotopic (exact) mass is 733 g/mol. The SMILES string of the molecule is Cc1c(COc2cc(OCc3cncc(C#N)c3)c(CN3CCCCC3C(=O)O)cc2Cl)cccc1-c1cc(C)c2oc(C3CCN(C)CC3)nc2c1. The van der Waals surface area contributed by atoms with Crippen molar-refractivity contribution in [2.24, 2.45) is 0 Å². The molecular weight excluding hydrogens is 690 g/mol. The third-order valence-electron chi connectivity index (χ3n) is 10.6. The van der Waals surface area contributed by atoms with Crippen LogP contribution in [0.2, 0.25) is 5.02 Å². The summed E-state index contributed by atoms with van der Waals surface area (Å²) in [6, 6.07) is 17.3. The van der Waals surface area contributed by atoms with Crippen LogP contribution in [0.4, 0.5) is 0 Å². The summed E-state index contributed by atoms with van der Waals surface area (Å²) in [4.78, 5) is 25.5. The lowest BCUT2D eigenvalue weighted by Crippen LogP contribution is -2.44. The van der Waals surface area contributed by atoms with Gasteiger partial charge in [0.05, 0.1) is 10.6 Å². The number of nitrogens with zero attached hydrogens (tertiary/aromatic N) is 5.